The van der Waals surface area contributed by atoms with E-state index in [1.165, 1.54) is 4.90 Å². The number of piperidine rings is 1. The Morgan fingerprint density at radius 1 is 1.13 bits per heavy atom. The van der Waals surface area contributed by atoms with E-state index in [0.717, 1.165) is 18.2 Å². The molecule has 9 heteroatoms. The van der Waals surface area contributed by atoms with Gasteiger partial charge in [-0.05, 0) is 55.3 Å². The fraction of sp³-hybridized carbons (Fsp3) is 0.364. The number of hydrogen-bond acceptors (Lipinski definition) is 5. The zero-order valence-electron chi connectivity index (χ0n) is 17.4. The number of carbonyl (C=O) groups excluding carboxylic acids is 2. The van der Waals surface area contributed by atoms with Crippen LogP contribution in [0.3, 0.4) is 0 Å². The van der Waals surface area contributed by atoms with E-state index in [2.05, 4.69) is 4.72 Å². The molecule has 1 saturated heterocycles. The summed E-state index contributed by atoms with van der Waals surface area (Å²) in [5.41, 5.74) is 0.289. The second kappa shape index (κ2) is 9.57. The highest BCUT2D eigenvalue weighted by Crippen LogP contribution is 2.25. The molecule has 0 spiro atoms. The smallest absolute Gasteiger partial charge is 0.256 e. The van der Waals surface area contributed by atoms with Crippen LogP contribution in [0.15, 0.2) is 47.4 Å². The summed E-state index contributed by atoms with van der Waals surface area (Å²) in [4.78, 5) is 26.9. The maximum absolute atomic E-state index is 14.3. The highest BCUT2D eigenvalue weighted by Gasteiger charge is 2.30. The first-order valence-corrected chi connectivity index (χ1v) is 11.5. The molecule has 0 atom stereocenters. The molecule has 1 amide bonds. The third kappa shape index (κ3) is 5.11. The standard InChI is InChI=1S/C22H25FN2O5S/c1-3-24-31(28,29)18-8-9-20(23)19(14-18)22(27)25-12-10-16(11-13-25)21(26)15-4-6-17(30-2)7-5-15/h4-9,14,16,24H,3,10-13H2,1-2H3. The van der Waals surface area contributed by atoms with Crippen LogP contribution in [0.4, 0.5) is 4.39 Å². The number of carbonyl (C=O) groups is 2. The molecule has 31 heavy (non-hydrogen) atoms. The number of methoxy groups -OCH3 is 1. The van der Waals surface area contributed by atoms with Gasteiger partial charge in [0.05, 0.1) is 17.6 Å². The number of ether oxygens (including phenoxy) is 1. The predicted molar refractivity (Wildman–Crippen MR) is 113 cm³/mol. The van der Waals surface area contributed by atoms with Crippen LogP contribution in [0.5, 0.6) is 5.75 Å². The number of halogens is 1. The SMILES string of the molecule is CCNS(=O)(=O)c1ccc(F)c(C(=O)N2CCC(C(=O)c3ccc(OC)cc3)CC2)c1. The molecule has 7 nitrogen and oxygen atoms in total. The van der Waals surface area contributed by atoms with E-state index in [4.69, 9.17) is 4.74 Å². The van der Waals surface area contributed by atoms with Crippen molar-refractivity contribution in [1.82, 2.24) is 9.62 Å². The number of ketones is 1. The number of amides is 1. The number of benzene rings is 2. The van der Waals surface area contributed by atoms with E-state index in [1.54, 1.807) is 38.3 Å². The second-order valence-corrected chi connectivity index (χ2v) is 9.07. The molecular formula is C22H25FN2O5S. The van der Waals surface area contributed by atoms with Gasteiger partial charge in [-0.25, -0.2) is 17.5 Å². The fourth-order valence-electron chi connectivity index (χ4n) is 3.61. The summed E-state index contributed by atoms with van der Waals surface area (Å²) in [5.74, 6) is -0.932. The average molecular weight is 449 g/mol. The number of nitrogens with one attached hydrogen (secondary N) is 1. The van der Waals surface area contributed by atoms with Crippen molar-refractivity contribution in [2.75, 3.05) is 26.7 Å². The third-order valence-electron chi connectivity index (χ3n) is 5.34. The Hall–Kier alpha value is -2.78. The van der Waals surface area contributed by atoms with Gasteiger partial charge in [0.15, 0.2) is 5.78 Å². The zero-order chi connectivity index (χ0) is 22.6. The average Bonchev–Trinajstić information content (AvgIpc) is 2.78. The van der Waals surface area contributed by atoms with Crippen LogP contribution in [0.2, 0.25) is 0 Å². The molecule has 2 aromatic rings. The van der Waals surface area contributed by atoms with E-state index in [0.29, 0.717) is 24.2 Å². The maximum Gasteiger partial charge on any atom is 0.256 e. The van der Waals surface area contributed by atoms with Crippen molar-refractivity contribution in [3.05, 3.63) is 59.4 Å². The van der Waals surface area contributed by atoms with Crippen LogP contribution >= 0.6 is 0 Å². The molecule has 0 aromatic heterocycles. The number of sulfonamides is 1. The normalized spacial score (nSPS) is 15.0. The Balaban J connectivity index is 1.69. The lowest BCUT2D eigenvalue weighted by Gasteiger charge is -2.31. The molecule has 2 aromatic carbocycles. The Kier molecular flexibility index (Phi) is 7.07. The Morgan fingerprint density at radius 3 is 2.35 bits per heavy atom. The van der Waals surface area contributed by atoms with Crippen LogP contribution in [-0.2, 0) is 10.0 Å². The summed E-state index contributed by atoms with van der Waals surface area (Å²) in [7, 11) is -2.26. The molecule has 0 unspecified atom stereocenters. The van der Waals surface area contributed by atoms with Crippen molar-refractivity contribution in [2.45, 2.75) is 24.7 Å². The summed E-state index contributed by atoms with van der Waals surface area (Å²) in [6.07, 6.45) is 0.904. The lowest BCUT2D eigenvalue weighted by atomic mass is 9.88. The van der Waals surface area contributed by atoms with Gasteiger partial charge in [0.25, 0.3) is 5.91 Å². The lowest BCUT2D eigenvalue weighted by Crippen LogP contribution is -2.40. The number of hydrogen-bond donors (Lipinski definition) is 1. The molecule has 1 aliphatic heterocycles. The third-order valence-corrected chi connectivity index (χ3v) is 6.88. The van der Waals surface area contributed by atoms with Crippen molar-refractivity contribution in [1.29, 1.82) is 0 Å². The van der Waals surface area contributed by atoms with Gasteiger partial charge in [-0.3, -0.25) is 9.59 Å². The Bertz CT molecular complexity index is 1060. The summed E-state index contributed by atoms with van der Waals surface area (Å²) < 4.78 is 46.1. The summed E-state index contributed by atoms with van der Waals surface area (Å²) in [6, 6.07) is 10.0. The largest absolute Gasteiger partial charge is 0.497 e. The topological polar surface area (TPSA) is 92.8 Å². The molecule has 1 fully saturated rings. The first-order valence-electron chi connectivity index (χ1n) is 10.0. The zero-order valence-corrected chi connectivity index (χ0v) is 18.2. The second-order valence-electron chi connectivity index (χ2n) is 7.30. The quantitative estimate of drug-likeness (QED) is 0.658. The van der Waals surface area contributed by atoms with Gasteiger partial charge in [-0.15, -0.1) is 0 Å². The molecule has 1 N–H and O–H groups in total. The molecule has 166 valence electrons. The van der Waals surface area contributed by atoms with Crippen molar-refractivity contribution in [2.24, 2.45) is 5.92 Å². The van der Waals surface area contributed by atoms with Gasteiger partial charge in [0.1, 0.15) is 11.6 Å². The first kappa shape index (κ1) is 22.9. The number of Topliss-reactive ketones (excluding diaryl/α,β-unsaturated/α-hetero) is 1. The van der Waals surface area contributed by atoms with Gasteiger partial charge >= 0.3 is 0 Å². The summed E-state index contributed by atoms with van der Waals surface area (Å²) in [6.45, 7) is 2.38. The number of likely N-dealkylation sites (tertiary alicyclic amines) is 1. The van der Waals surface area contributed by atoms with Crippen molar-refractivity contribution in [3.8, 4) is 5.75 Å². The van der Waals surface area contributed by atoms with Crippen LogP contribution in [0.1, 0.15) is 40.5 Å². The van der Waals surface area contributed by atoms with E-state index in [1.807, 2.05) is 0 Å². The molecule has 0 radical (unpaired) electrons. The van der Waals surface area contributed by atoms with Crippen molar-refractivity contribution in [3.63, 3.8) is 0 Å². The molecule has 0 aliphatic carbocycles. The summed E-state index contributed by atoms with van der Waals surface area (Å²) >= 11 is 0. The van der Waals surface area contributed by atoms with Gasteiger partial charge in [0, 0.05) is 31.1 Å². The van der Waals surface area contributed by atoms with Crippen LogP contribution < -0.4 is 9.46 Å². The van der Waals surface area contributed by atoms with Gasteiger partial charge < -0.3 is 9.64 Å². The first-order chi connectivity index (χ1) is 14.8. The Labute approximate surface area is 181 Å². The molecule has 1 aliphatic rings. The highest BCUT2D eigenvalue weighted by molar-refractivity contribution is 7.89. The van der Waals surface area contributed by atoms with Crippen LogP contribution in [0.25, 0.3) is 0 Å². The minimum atomic E-state index is -3.81. The molecular weight excluding hydrogens is 423 g/mol. The minimum absolute atomic E-state index is 0.000312. The molecule has 0 bridgehead atoms. The van der Waals surface area contributed by atoms with Gasteiger partial charge in [0.2, 0.25) is 10.0 Å². The van der Waals surface area contributed by atoms with E-state index >= 15 is 0 Å². The maximum atomic E-state index is 14.3. The van der Waals surface area contributed by atoms with Gasteiger partial charge in [-0.2, -0.15) is 0 Å². The van der Waals surface area contributed by atoms with Crippen LogP contribution in [0, 0.1) is 11.7 Å². The molecule has 0 saturated carbocycles. The number of rotatable bonds is 7. The predicted octanol–water partition coefficient (Wildman–Crippen LogP) is 2.87. The molecule has 1 heterocycles. The van der Waals surface area contributed by atoms with Gasteiger partial charge in [-0.1, -0.05) is 6.92 Å². The van der Waals surface area contributed by atoms with E-state index in [9.17, 15) is 22.4 Å². The van der Waals surface area contributed by atoms with Crippen molar-refractivity contribution >= 4 is 21.7 Å². The van der Waals surface area contributed by atoms with E-state index in [-0.39, 0.29) is 41.8 Å². The van der Waals surface area contributed by atoms with Crippen molar-refractivity contribution < 1.29 is 27.1 Å². The number of nitrogens with zero attached hydrogens (tertiary/aromatic N) is 1. The molecule has 3 rings (SSSR count). The van der Waals surface area contributed by atoms with Crippen LogP contribution in [-0.4, -0.2) is 51.8 Å². The fourth-order valence-corrected chi connectivity index (χ4v) is 4.68. The highest BCUT2D eigenvalue weighted by atomic mass is 32.2. The monoisotopic (exact) mass is 448 g/mol. The summed E-state index contributed by atoms with van der Waals surface area (Å²) in [5, 5.41) is 0. The van der Waals surface area contributed by atoms with E-state index < -0.39 is 21.7 Å². The lowest BCUT2D eigenvalue weighted by molar-refractivity contribution is 0.0646. The minimum Gasteiger partial charge on any atom is -0.497 e. The Morgan fingerprint density at radius 2 is 1.77 bits per heavy atom.